The lowest BCUT2D eigenvalue weighted by atomic mass is 9.91. The summed E-state index contributed by atoms with van der Waals surface area (Å²) in [4.78, 5) is 0. The molecule has 0 aromatic carbocycles. The van der Waals surface area contributed by atoms with Crippen molar-refractivity contribution in [3.8, 4) is 0 Å². The molecule has 2 fully saturated rings. The third kappa shape index (κ3) is 1.98. The monoisotopic (exact) mass is 232 g/mol. The second-order valence-electron chi connectivity index (χ2n) is 4.48. The number of ether oxygens (including phenoxy) is 3. The van der Waals surface area contributed by atoms with Crippen LogP contribution in [0.1, 0.15) is 19.8 Å². The van der Waals surface area contributed by atoms with Crippen LogP contribution in [0.3, 0.4) is 0 Å². The molecule has 0 amide bonds. The molecule has 1 unspecified atom stereocenters. The van der Waals surface area contributed by atoms with Crippen molar-refractivity contribution < 1.29 is 24.4 Å². The zero-order chi connectivity index (χ0) is 11.7. The van der Waals surface area contributed by atoms with E-state index in [1.165, 1.54) is 0 Å². The van der Waals surface area contributed by atoms with E-state index in [4.69, 9.17) is 19.3 Å². The number of rotatable bonds is 3. The van der Waals surface area contributed by atoms with Crippen LogP contribution in [0.2, 0.25) is 0 Å². The average molecular weight is 232 g/mol. The summed E-state index contributed by atoms with van der Waals surface area (Å²) < 4.78 is 16.7. The molecule has 0 radical (unpaired) electrons. The van der Waals surface area contributed by atoms with Gasteiger partial charge in [0.25, 0.3) is 0 Å². The SMILES string of the molecule is CC[C@@H]1C(OC)O[C@H]2C[C@H](O)[C@@H](CO)O[C@H]21. The van der Waals surface area contributed by atoms with Gasteiger partial charge in [0.2, 0.25) is 0 Å². The molecule has 5 heteroatoms. The van der Waals surface area contributed by atoms with Gasteiger partial charge in [0.1, 0.15) is 6.10 Å². The molecule has 94 valence electrons. The summed E-state index contributed by atoms with van der Waals surface area (Å²) in [6, 6.07) is 0. The summed E-state index contributed by atoms with van der Waals surface area (Å²) in [6.45, 7) is 1.91. The summed E-state index contributed by atoms with van der Waals surface area (Å²) in [5.41, 5.74) is 0. The first kappa shape index (κ1) is 12.3. The zero-order valence-electron chi connectivity index (χ0n) is 9.70. The largest absolute Gasteiger partial charge is 0.394 e. The van der Waals surface area contributed by atoms with Gasteiger partial charge < -0.3 is 24.4 Å². The van der Waals surface area contributed by atoms with Crippen LogP contribution in [0.15, 0.2) is 0 Å². The van der Waals surface area contributed by atoms with E-state index in [2.05, 4.69) is 6.92 Å². The van der Waals surface area contributed by atoms with Crippen LogP contribution in [-0.2, 0) is 14.2 Å². The fraction of sp³-hybridized carbons (Fsp3) is 1.00. The maximum absolute atomic E-state index is 9.73. The number of aliphatic hydroxyl groups excluding tert-OH is 2. The van der Waals surface area contributed by atoms with Crippen molar-refractivity contribution in [2.75, 3.05) is 13.7 Å². The molecule has 2 heterocycles. The van der Waals surface area contributed by atoms with E-state index in [1.54, 1.807) is 7.11 Å². The van der Waals surface area contributed by atoms with Crippen LogP contribution in [-0.4, -0.2) is 54.6 Å². The van der Waals surface area contributed by atoms with Crippen molar-refractivity contribution in [2.24, 2.45) is 5.92 Å². The first-order chi connectivity index (χ1) is 7.71. The van der Waals surface area contributed by atoms with Crippen molar-refractivity contribution in [1.29, 1.82) is 0 Å². The van der Waals surface area contributed by atoms with Crippen LogP contribution in [0.5, 0.6) is 0 Å². The maximum Gasteiger partial charge on any atom is 0.163 e. The number of methoxy groups -OCH3 is 1. The quantitative estimate of drug-likeness (QED) is 0.711. The first-order valence-corrected chi connectivity index (χ1v) is 5.83. The average Bonchev–Trinajstić information content (AvgIpc) is 2.64. The van der Waals surface area contributed by atoms with E-state index in [0.29, 0.717) is 6.42 Å². The molecule has 0 saturated carbocycles. The lowest BCUT2D eigenvalue weighted by molar-refractivity contribution is -0.178. The van der Waals surface area contributed by atoms with Crippen molar-refractivity contribution in [3.63, 3.8) is 0 Å². The standard InChI is InChI=1S/C11H20O5/c1-3-6-10-8(16-11(6)14-2)4-7(13)9(5-12)15-10/h6-13H,3-5H2,1-2H3/t6-,7-,8-,9+,10-,11?/m0/s1. The highest BCUT2D eigenvalue weighted by Gasteiger charge is 2.50. The summed E-state index contributed by atoms with van der Waals surface area (Å²) in [7, 11) is 1.62. The van der Waals surface area contributed by atoms with E-state index in [9.17, 15) is 5.11 Å². The molecule has 0 spiro atoms. The van der Waals surface area contributed by atoms with Gasteiger partial charge in [-0.15, -0.1) is 0 Å². The second-order valence-corrected chi connectivity index (χ2v) is 4.48. The fourth-order valence-corrected chi connectivity index (χ4v) is 2.66. The lowest BCUT2D eigenvalue weighted by Gasteiger charge is -2.35. The van der Waals surface area contributed by atoms with Crippen LogP contribution in [0.4, 0.5) is 0 Å². The third-order valence-electron chi connectivity index (χ3n) is 3.57. The molecular formula is C11H20O5. The Kier molecular flexibility index (Phi) is 3.81. The van der Waals surface area contributed by atoms with Crippen LogP contribution < -0.4 is 0 Å². The Morgan fingerprint density at radius 3 is 2.69 bits per heavy atom. The van der Waals surface area contributed by atoms with Crippen molar-refractivity contribution in [1.82, 2.24) is 0 Å². The minimum absolute atomic E-state index is 0.0736. The molecule has 2 saturated heterocycles. The van der Waals surface area contributed by atoms with E-state index < -0.39 is 12.2 Å². The molecule has 5 nitrogen and oxygen atoms in total. The molecule has 6 atom stereocenters. The van der Waals surface area contributed by atoms with Gasteiger partial charge in [-0.2, -0.15) is 0 Å². The van der Waals surface area contributed by atoms with Gasteiger partial charge in [-0.05, 0) is 6.42 Å². The molecule has 2 aliphatic rings. The normalized spacial score (nSPS) is 48.0. The summed E-state index contributed by atoms with van der Waals surface area (Å²) in [5.74, 6) is 0.177. The smallest absolute Gasteiger partial charge is 0.163 e. The minimum atomic E-state index is -0.653. The Labute approximate surface area is 95.3 Å². The molecule has 0 bridgehead atoms. The number of fused-ring (bicyclic) bond motifs is 1. The summed E-state index contributed by atoms with van der Waals surface area (Å²) in [6.07, 6.45) is -0.193. The summed E-state index contributed by atoms with van der Waals surface area (Å²) >= 11 is 0. The molecule has 0 aliphatic carbocycles. The predicted molar refractivity (Wildman–Crippen MR) is 55.8 cm³/mol. The van der Waals surface area contributed by atoms with Gasteiger partial charge in [0, 0.05) is 19.4 Å². The number of hydrogen-bond donors (Lipinski definition) is 2. The molecule has 2 rings (SSSR count). The fourth-order valence-electron chi connectivity index (χ4n) is 2.66. The van der Waals surface area contributed by atoms with Crippen molar-refractivity contribution >= 4 is 0 Å². The Morgan fingerprint density at radius 1 is 1.38 bits per heavy atom. The Morgan fingerprint density at radius 2 is 2.12 bits per heavy atom. The van der Waals surface area contributed by atoms with Gasteiger partial charge in [-0.3, -0.25) is 0 Å². The maximum atomic E-state index is 9.73. The highest BCUT2D eigenvalue weighted by atomic mass is 16.7. The van der Waals surface area contributed by atoms with Crippen LogP contribution in [0.25, 0.3) is 0 Å². The van der Waals surface area contributed by atoms with Gasteiger partial charge in [0.15, 0.2) is 6.29 Å². The Bertz CT molecular complexity index is 234. The molecule has 2 N–H and O–H groups in total. The Balaban J connectivity index is 2.08. The molecule has 16 heavy (non-hydrogen) atoms. The summed E-state index contributed by atoms with van der Waals surface area (Å²) in [5, 5.41) is 18.8. The Hall–Kier alpha value is -0.200. The number of hydrogen-bond acceptors (Lipinski definition) is 5. The van der Waals surface area contributed by atoms with E-state index in [-0.39, 0.29) is 31.0 Å². The first-order valence-electron chi connectivity index (χ1n) is 5.83. The topological polar surface area (TPSA) is 68.2 Å². The predicted octanol–water partition coefficient (Wildman–Crippen LogP) is -0.105. The van der Waals surface area contributed by atoms with Gasteiger partial charge in [-0.25, -0.2) is 0 Å². The van der Waals surface area contributed by atoms with Crippen LogP contribution >= 0.6 is 0 Å². The van der Waals surface area contributed by atoms with E-state index in [0.717, 1.165) is 6.42 Å². The zero-order valence-corrected chi connectivity index (χ0v) is 9.70. The van der Waals surface area contributed by atoms with Gasteiger partial charge in [-0.1, -0.05) is 6.92 Å². The van der Waals surface area contributed by atoms with Crippen molar-refractivity contribution in [3.05, 3.63) is 0 Å². The third-order valence-corrected chi connectivity index (χ3v) is 3.57. The van der Waals surface area contributed by atoms with Crippen LogP contribution in [0, 0.1) is 5.92 Å². The second kappa shape index (κ2) is 4.98. The highest BCUT2D eigenvalue weighted by Crippen LogP contribution is 2.38. The van der Waals surface area contributed by atoms with E-state index in [1.807, 2.05) is 0 Å². The van der Waals surface area contributed by atoms with Crippen molar-refractivity contribution in [2.45, 2.75) is 50.5 Å². The number of aliphatic hydroxyl groups is 2. The van der Waals surface area contributed by atoms with Gasteiger partial charge >= 0.3 is 0 Å². The minimum Gasteiger partial charge on any atom is -0.394 e. The lowest BCUT2D eigenvalue weighted by Crippen LogP contribution is -2.48. The molecule has 2 aliphatic heterocycles. The van der Waals surface area contributed by atoms with E-state index >= 15 is 0 Å². The molecule has 0 aromatic heterocycles. The van der Waals surface area contributed by atoms with Gasteiger partial charge in [0.05, 0.1) is 24.9 Å². The molecule has 0 aromatic rings. The highest BCUT2D eigenvalue weighted by molar-refractivity contribution is 4.94. The molecular weight excluding hydrogens is 212 g/mol.